The van der Waals surface area contributed by atoms with Gasteiger partial charge < -0.3 is 10.0 Å². The van der Waals surface area contributed by atoms with Crippen LogP contribution in [0.15, 0.2) is 24.3 Å². The maximum atomic E-state index is 12.3. The van der Waals surface area contributed by atoms with E-state index >= 15 is 0 Å². The van der Waals surface area contributed by atoms with Crippen LogP contribution in [0.2, 0.25) is 5.02 Å². The molecule has 1 fully saturated rings. The maximum absolute atomic E-state index is 12.3. The molecule has 98 valence electrons. The topological polar surface area (TPSA) is 53.4 Å². The zero-order valence-corrected chi connectivity index (χ0v) is 11.2. The van der Waals surface area contributed by atoms with Crippen molar-refractivity contribution in [2.75, 3.05) is 13.1 Å². The highest BCUT2D eigenvalue weighted by molar-refractivity contribution is 6.35. The van der Waals surface area contributed by atoms with E-state index in [1.165, 1.54) is 0 Å². The number of aryl methyl sites for hydroxylation is 1. The van der Waals surface area contributed by atoms with Gasteiger partial charge in [0, 0.05) is 23.5 Å². The summed E-state index contributed by atoms with van der Waals surface area (Å²) in [5.74, 6) is -0.0999. The number of β-amino-alcohol motifs (C(OH)–C–C–N with tert-alkyl or cyclic N) is 1. The Labute approximate surface area is 115 Å². The van der Waals surface area contributed by atoms with Crippen LogP contribution in [0.4, 0.5) is 0 Å². The zero-order valence-electron chi connectivity index (χ0n) is 10.4. The third kappa shape index (κ3) is 2.07. The van der Waals surface area contributed by atoms with Gasteiger partial charge in [0.05, 0.1) is 22.9 Å². The number of amides is 1. The Bertz CT molecular complexity index is 666. The van der Waals surface area contributed by atoms with Crippen LogP contribution in [0.5, 0.6) is 0 Å². The van der Waals surface area contributed by atoms with Crippen molar-refractivity contribution in [3.05, 3.63) is 40.5 Å². The van der Waals surface area contributed by atoms with Crippen LogP contribution in [0.3, 0.4) is 0 Å². The van der Waals surface area contributed by atoms with E-state index in [4.69, 9.17) is 11.6 Å². The third-order valence-electron chi connectivity index (χ3n) is 3.38. The molecule has 2 aromatic rings. The second-order valence-electron chi connectivity index (χ2n) is 4.79. The SMILES string of the molecule is Cc1nc2cccc(Cl)c2cc1C(=O)N1CC(O)C1. The highest BCUT2D eigenvalue weighted by Crippen LogP contribution is 2.25. The summed E-state index contributed by atoms with van der Waals surface area (Å²) in [7, 11) is 0. The summed E-state index contributed by atoms with van der Waals surface area (Å²) < 4.78 is 0. The molecule has 1 amide bonds. The molecule has 1 N–H and O–H groups in total. The molecule has 0 aliphatic carbocycles. The molecule has 0 spiro atoms. The van der Waals surface area contributed by atoms with Crippen LogP contribution in [0.1, 0.15) is 16.1 Å². The van der Waals surface area contributed by atoms with Crippen molar-refractivity contribution in [2.24, 2.45) is 0 Å². The Kier molecular flexibility index (Phi) is 2.92. The van der Waals surface area contributed by atoms with Crippen LogP contribution in [-0.4, -0.2) is 40.1 Å². The molecule has 1 aromatic carbocycles. The number of carbonyl (C=O) groups excluding carboxylic acids is 1. The minimum atomic E-state index is -0.402. The van der Waals surface area contributed by atoms with Crippen LogP contribution >= 0.6 is 11.6 Å². The van der Waals surface area contributed by atoms with Crippen molar-refractivity contribution in [3.63, 3.8) is 0 Å². The van der Waals surface area contributed by atoms with E-state index in [0.717, 1.165) is 10.9 Å². The smallest absolute Gasteiger partial charge is 0.255 e. The van der Waals surface area contributed by atoms with Gasteiger partial charge in [-0.05, 0) is 25.1 Å². The first-order valence-corrected chi connectivity index (χ1v) is 6.47. The molecule has 1 aliphatic rings. The lowest BCUT2D eigenvalue weighted by atomic mass is 10.1. The van der Waals surface area contributed by atoms with Crippen molar-refractivity contribution in [1.29, 1.82) is 0 Å². The number of hydrogen-bond acceptors (Lipinski definition) is 3. The first kappa shape index (κ1) is 12.4. The molecule has 0 radical (unpaired) electrons. The molecule has 1 saturated heterocycles. The fraction of sp³-hybridized carbons (Fsp3) is 0.286. The number of pyridine rings is 1. The highest BCUT2D eigenvalue weighted by atomic mass is 35.5. The van der Waals surface area contributed by atoms with Gasteiger partial charge in [0.25, 0.3) is 5.91 Å². The molecule has 0 unspecified atom stereocenters. The molecule has 19 heavy (non-hydrogen) atoms. The average molecular weight is 277 g/mol. The Morgan fingerprint density at radius 1 is 1.47 bits per heavy atom. The lowest BCUT2D eigenvalue weighted by molar-refractivity contribution is 0.00582. The summed E-state index contributed by atoms with van der Waals surface area (Å²) in [6, 6.07) is 7.27. The minimum Gasteiger partial charge on any atom is -0.389 e. The van der Waals surface area contributed by atoms with Crippen LogP contribution in [0, 0.1) is 6.92 Å². The predicted octanol–water partition coefficient (Wildman–Crippen LogP) is 2.01. The first-order chi connectivity index (χ1) is 9.06. The van der Waals surface area contributed by atoms with Crippen molar-refractivity contribution < 1.29 is 9.90 Å². The summed E-state index contributed by atoms with van der Waals surface area (Å²) in [5.41, 5.74) is 2.01. The van der Waals surface area contributed by atoms with Crippen LogP contribution in [-0.2, 0) is 0 Å². The van der Waals surface area contributed by atoms with E-state index in [-0.39, 0.29) is 5.91 Å². The summed E-state index contributed by atoms with van der Waals surface area (Å²) in [6.45, 7) is 2.58. The summed E-state index contributed by atoms with van der Waals surface area (Å²) in [6.07, 6.45) is -0.402. The van der Waals surface area contributed by atoms with Crippen molar-refractivity contribution in [2.45, 2.75) is 13.0 Å². The number of aromatic nitrogens is 1. The highest BCUT2D eigenvalue weighted by Gasteiger charge is 2.30. The molecule has 0 saturated carbocycles. The van der Waals surface area contributed by atoms with Gasteiger partial charge in [-0.1, -0.05) is 17.7 Å². The number of hydrogen-bond donors (Lipinski definition) is 1. The third-order valence-corrected chi connectivity index (χ3v) is 3.71. The van der Waals surface area contributed by atoms with E-state index in [1.807, 2.05) is 19.1 Å². The molecular weight excluding hydrogens is 264 g/mol. The van der Waals surface area contributed by atoms with Crippen molar-refractivity contribution in [3.8, 4) is 0 Å². The molecule has 0 atom stereocenters. The largest absolute Gasteiger partial charge is 0.389 e. The van der Waals surface area contributed by atoms with Gasteiger partial charge in [-0.25, -0.2) is 0 Å². The molecule has 0 bridgehead atoms. The normalized spacial score (nSPS) is 15.6. The van der Waals surface area contributed by atoms with Crippen LogP contribution < -0.4 is 0 Å². The molecule has 3 rings (SSSR count). The van der Waals surface area contributed by atoms with Gasteiger partial charge in [0.1, 0.15) is 0 Å². The first-order valence-electron chi connectivity index (χ1n) is 6.09. The maximum Gasteiger partial charge on any atom is 0.255 e. The number of aliphatic hydroxyl groups excluding tert-OH is 1. The molecule has 5 heteroatoms. The Morgan fingerprint density at radius 2 is 2.21 bits per heavy atom. The number of aliphatic hydroxyl groups is 1. The minimum absolute atomic E-state index is 0.0999. The van der Waals surface area contributed by atoms with E-state index < -0.39 is 6.10 Å². The predicted molar refractivity (Wildman–Crippen MR) is 73.4 cm³/mol. The number of likely N-dealkylation sites (tertiary alicyclic amines) is 1. The molecule has 2 heterocycles. The van der Waals surface area contributed by atoms with Gasteiger partial charge >= 0.3 is 0 Å². The van der Waals surface area contributed by atoms with E-state index in [2.05, 4.69) is 4.98 Å². The fourth-order valence-corrected chi connectivity index (χ4v) is 2.49. The van der Waals surface area contributed by atoms with Gasteiger partial charge in [0.2, 0.25) is 0 Å². The lowest BCUT2D eigenvalue weighted by Crippen LogP contribution is -2.53. The number of benzene rings is 1. The number of carbonyl (C=O) groups is 1. The van der Waals surface area contributed by atoms with Gasteiger partial charge in [-0.3, -0.25) is 9.78 Å². The number of halogens is 1. The van der Waals surface area contributed by atoms with E-state index in [0.29, 0.717) is 29.4 Å². The number of rotatable bonds is 1. The Balaban J connectivity index is 2.06. The number of nitrogens with zero attached hydrogens (tertiary/aromatic N) is 2. The van der Waals surface area contributed by atoms with E-state index in [1.54, 1.807) is 17.0 Å². The fourth-order valence-electron chi connectivity index (χ4n) is 2.26. The second kappa shape index (κ2) is 4.47. The molecular formula is C14H13ClN2O2. The van der Waals surface area contributed by atoms with Gasteiger partial charge in [0.15, 0.2) is 0 Å². The van der Waals surface area contributed by atoms with Crippen molar-refractivity contribution >= 4 is 28.4 Å². The summed E-state index contributed by atoms with van der Waals surface area (Å²) >= 11 is 6.13. The van der Waals surface area contributed by atoms with Crippen molar-refractivity contribution in [1.82, 2.24) is 9.88 Å². The van der Waals surface area contributed by atoms with E-state index in [9.17, 15) is 9.90 Å². The average Bonchev–Trinajstić information content (AvgIpc) is 2.34. The quantitative estimate of drug-likeness (QED) is 0.867. The second-order valence-corrected chi connectivity index (χ2v) is 5.20. The molecule has 4 nitrogen and oxygen atoms in total. The lowest BCUT2D eigenvalue weighted by Gasteiger charge is -2.36. The Morgan fingerprint density at radius 3 is 2.89 bits per heavy atom. The molecule has 1 aromatic heterocycles. The summed E-state index contributed by atoms with van der Waals surface area (Å²) in [5, 5.41) is 10.6. The number of fused-ring (bicyclic) bond motifs is 1. The summed E-state index contributed by atoms with van der Waals surface area (Å²) in [4.78, 5) is 18.3. The van der Waals surface area contributed by atoms with Crippen LogP contribution in [0.25, 0.3) is 10.9 Å². The zero-order chi connectivity index (χ0) is 13.6. The van der Waals surface area contributed by atoms with Gasteiger partial charge in [-0.15, -0.1) is 0 Å². The Hall–Kier alpha value is -1.65. The standard InChI is InChI=1S/C14H13ClN2O2/c1-8-10(14(19)17-6-9(18)7-17)5-11-12(15)3-2-4-13(11)16-8/h2-5,9,18H,6-7H2,1H3. The monoisotopic (exact) mass is 276 g/mol. The molecule has 1 aliphatic heterocycles. The van der Waals surface area contributed by atoms with Gasteiger partial charge in [-0.2, -0.15) is 0 Å².